The number of benzene rings is 5. The Morgan fingerprint density at radius 3 is 1.30 bits per heavy atom. The van der Waals surface area contributed by atoms with E-state index >= 15 is 0 Å². The van der Waals surface area contributed by atoms with Crippen molar-refractivity contribution in [1.29, 1.82) is 0 Å². The predicted octanol–water partition coefficient (Wildman–Crippen LogP) is 6.99. The molecule has 54 heavy (non-hydrogen) atoms. The summed E-state index contributed by atoms with van der Waals surface area (Å²) in [7, 11) is -8.70. The molecule has 5 aromatic carbocycles. The third-order valence-corrected chi connectivity index (χ3v) is 12.6. The normalized spacial score (nSPS) is 12.4. The lowest BCUT2D eigenvalue weighted by molar-refractivity contribution is -0.144. The number of fused-ring (bicyclic) bond motifs is 6. The summed E-state index contributed by atoms with van der Waals surface area (Å²) >= 11 is 0. The van der Waals surface area contributed by atoms with Gasteiger partial charge in [0.2, 0.25) is 20.0 Å². The van der Waals surface area contributed by atoms with E-state index in [0.29, 0.717) is 44.2 Å². The molecule has 7 aromatic rings. The number of hydrogen-bond acceptors (Lipinski definition) is 10. The molecule has 0 aliphatic heterocycles. The van der Waals surface area contributed by atoms with Crippen LogP contribution in [0.25, 0.3) is 43.9 Å². The number of furan rings is 2. The average molecular weight is 769 g/mol. The summed E-state index contributed by atoms with van der Waals surface area (Å²) in [5.74, 6) is -1.52. The van der Waals surface area contributed by atoms with Crippen LogP contribution in [0.3, 0.4) is 0 Å². The van der Waals surface area contributed by atoms with Crippen molar-refractivity contribution in [3.63, 3.8) is 0 Å². The molecule has 0 radical (unpaired) electrons. The van der Waals surface area contributed by atoms with Crippen LogP contribution in [0.15, 0.2) is 128 Å². The van der Waals surface area contributed by atoms with E-state index in [1.165, 1.54) is 24.3 Å². The van der Waals surface area contributed by atoms with E-state index in [2.05, 4.69) is 0 Å². The van der Waals surface area contributed by atoms with Gasteiger partial charge in [0.05, 0.1) is 23.0 Å². The molecule has 0 saturated carbocycles. The maximum atomic E-state index is 14.4. The minimum absolute atomic E-state index is 0.0390. The molecule has 0 bridgehead atoms. The van der Waals surface area contributed by atoms with Crippen molar-refractivity contribution >= 4 is 75.9 Å². The van der Waals surface area contributed by atoms with Crippen molar-refractivity contribution in [2.45, 2.75) is 36.7 Å². The molecule has 0 amide bonds. The second-order valence-electron chi connectivity index (χ2n) is 12.4. The zero-order valence-electron chi connectivity index (χ0n) is 29.4. The first-order valence-corrected chi connectivity index (χ1v) is 20.1. The molecule has 0 fully saturated rings. The number of hydrogen-bond donors (Lipinski definition) is 0. The van der Waals surface area contributed by atoms with Gasteiger partial charge in [0, 0.05) is 34.6 Å². The van der Waals surface area contributed by atoms with Crippen LogP contribution in [0.5, 0.6) is 0 Å². The highest BCUT2D eigenvalue weighted by atomic mass is 32.2. The van der Waals surface area contributed by atoms with Crippen LogP contribution in [0.2, 0.25) is 0 Å². The highest BCUT2D eigenvalue weighted by Crippen LogP contribution is 2.33. The van der Waals surface area contributed by atoms with E-state index in [-0.39, 0.29) is 36.1 Å². The Bertz CT molecular complexity index is 2570. The molecule has 14 heteroatoms. The Morgan fingerprint density at radius 1 is 0.519 bits per heavy atom. The summed E-state index contributed by atoms with van der Waals surface area (Å²) in [4.78, 5) is 25.6. The fourth-order valence-electron chi connectivity index (χ4n) is 6.43. The third-order valence-electron chi connectivity index (χ3n) is 9.01. The topological polar surface area (TPSA) is 154 Å². The zero-order chi connectivity index (χ0) is 38.0. The van der Waals surface area contributed by atoms with Gasteiger partial charge in [-0.2, -0.15) is 8.61 Å². The van der Waals surface area contributed by atoms with E-state index < -0.39 is 45.1 Å². The van der Waals surface area contributed by atoms with Crippen molar-refractivity contribution in [3.8, 4) is 0 Å². The van der Waals surface area contributed by atoms with E-state index in [1.54, 1.807) is 62.4 Å². The Hall–Kier alpha value is -5.54. The van der Waals surface area contributed by atoms with E-state index in [1.807, 2.05) is 36.4 Å². The fraction of sp³-hybridized carbons (Fsp3) is 0.200. The van der Waals surface area contributed by atoms with Crippen molar-refractivity contribution in [1.82, 2.24) is 8.61 Å². The fourth-order valence-corrected chi connectivity index (χ4v) is 9.21. The molecule has 0 saturated heterocycles. The molecule has 7 rings (SSSR count). The number of sulfonamides is 2. The van der Waals surface area contributed by atoms with Crippen molar-refractivity contribution in [2.24, 2.45) is 0 Å². The minimum Gasteiger partial charge on any atom is -0.465 e. The Balaban J connectivity index is 1.26. The van der Waals surface area contributed by atoms with Gasteiger partial charge in [0.1, 0.15) is 35.4 Å². The molecular weight excluding hydrogens is 733 g/mol. The van der Waals surface area contributed by atoms with Gasteiger partial charge >= 0.3 is 11.9 Å². The van der Waals surface area contributed by atoms with Crippen LogP contribution in [0.4, 0.5) is 0 Å². The lowest BCUT2D eigenvalue weighted by Gasteiger charge is -2.25. The van der Waals surface area contributed by atoms with Gasteiger partial charge in [0.15, 0.2) is 0 Å². The van der Waals surface area contributed by atoms with E-state index in [9.17, 15) is 26.4 Å². The second-order valence-corrected chi connectivity index (χ2v) is 16.3. The van der Waals surface area contributed by atoms with Gasteiger partial charge in [-0.15, -0.1) is 0 Å². The Labute approximate surface area is 311 Å². The molecule has 0 aliphatic rings. The second kappa shape index (κ2) is 15.1. The smallest absolute Gasteiger partial charge is 0.321 e. The van der Waals surface area contributed by atoms with Gasteiger partial charge in [-0.3, -0.25) is 9.59 Å². The van der Waals surface area contributed by atoms with Crippen LogP contribution >= 0.6 is 0 Å². The Morgan fingerprint density at radius 2 is 0.889 bits per heavy atom. The van der Waals surface area contributed by atoms with E-state index in [4.69, 9.17) is 18.3 Å². The van der Waals surface area contributed by atoms with Crippen LogP contribution in [0.1, 0.15) is 25.0 Å². The number of nitrogens with zero attached hydrogens (tertiary/aromatic N) is 2. The summed E-state index contributed by atoms with van der Waals surface area (Å²) in [5.41, 5.74) is 3.00. The molecule has 0 unspecified atom stereocenters. The van der Waals surface area contributed by atoms with Crippen LogP contribution < -0.4 is 0 Å². The number of ether oxygens (including phenoxy) is 2. The molecule has 278 valence electrons. The number of carbonyl (C=O) groups excluding carboxylic acids is 2. The largest absolute Gasteiger partial charge is 0.465 e. The molecule has 0 spiro atoms. The minimum atomic E-state index is -4.35. The van der Waals surface area contributed by atoms with E-state index in [0.717, 1.165) is 19.4 Å². The van der Waals surface area contributed by atoms with Crippen LogP contribution in [-0.4, -0.2) is 63.7 Å². The van der Waals surface area contributed by atoms with Gasteiger partial charge in [0.25, 0.3) is 0 Å². The molecule has 2 heterocycles. The predicted molar refractivity (Wildman–Crippen MR) is 202 cm³/mol. The first kappa shape index (κ1) is 36.8. The SMILES string of the molecule is CCOC(=O)CN(Cc1ccccc1CN(CC(=O)OCC)S(=O)(=O)c1ccc2oc3ccccc3c2c1)S(=O)(=O)c1ccc2oc3ccccc3c2c1. The van der Waals surface area contributed by atoms with Crippen molar-refractivity contribution < 1.29 is 44.7 Å². The summed E-state index contributed by atoms with van der Waals surface area (Å²) in [6.07, 6.45) is 0. The molecular formula is C40H36N2O10S2. The maximum absolute atomic E-state index is 14.4. The van der Waals surface area contributed by atoms with Gasteiger partial charge < -0.3 is 18.3 Å². The first-order valence-electron chi connectivity index (χ1n) is 17.2. The summed E-state index contributed by atoms with van der Waals surface area (Å²) < 4.78 is 81.5. The Kier molecular flexibility index (Phi) is 10.3. The maximum Gasteiger partial charge on any atom is 0.321 e. The highest BCUT2D eigenvalue weighted by Gasteiger charge is 2.32. The number of rotatable bonds is 14. The monoisotopic (exact) mass is 768 g/mol. The number of carbonyl (C=O) groups is 2. The lowest BCUT2D eigenvalue weighted by Crippen LogP contribution is -2.38. The van der Waals surface area contributed by atoms with Crippen LogP contribution in [-0.2, 0) is 52.2 Å². The number of para-hydroxylation sites is 2. The molecule has 0 aliphatic carbocycles. The molecule has 2 aromatic heterocycles. The quantitative estimate of drug-likeness (QED) is 0.106. The summed E-state index contributed by atoms with van der Waals surface area (Å²) in [6, 6.07) is 30.2. The van der Waals surface area contributed by atoms with Crippen molar-refractivity contribution in [2.75, 3.05) is 26.3 Å². The van der Waals surface area contributed by atoms with Gasteiger partial charge in [-0.1, -0.05) is 60.7 Å². The van der Waals surface area contributed by atoms with Crippen molar-refractivity contribution in [3.05, 3.63) is 120 Å². The molecule has 0 N–H and O–H groups in total. The zero-order valence-corrected chi connectivity index (χ0v) is 31.1. The van der Waals surface area contributed by atoms with Gasteiger partial charge in [-0.25, -0.2) is 16.8 Å². The number of esters is 2. The summed E-state index contributed by atoms with van der Waals surface area (Å²) in [5, 5.41) is 2.64. The lowest BCUT2D eigenvalue weighted by atomic mass is 10.1. The van der Waals surface area contributed by atoms with Gasteiger partial charge in [-0.05, 0) is 73.5 Å². The molecule has 12 nitrogen and oxygen atoms in total. The summed E-state index contributed by atoms with van der Waals surface area (Å²) in [6.45, 7) is 1.46. The standard InChI is InChI=1S/C40H36N2O10S2/c1-3-49-39(43)25-41(53(45,46)29-17-19-37-33(21-29)31-13-7-9-15-35(31)51-37)23-27-11-5-6-12-28(27)24-42(26-40(44)50-4-2)54(47,48)30-18-20-38-34(22-30)32-14-8-10-16-36(32)52-38/h5-22H,3-4,23-26H2,1-2H3. The van der Waals surface area contributed by atoms with Crippen LogP contribution in [0, 0.1) is 0 Å². The first-order chi connectivity index (χ1) is 26.0. The molecule has 0 atom stereocenters. The average Bonchev–Trinajstić information content (AvgIpc) is 3.73. The third kappa shape index (κ3) is 7.20. The highest BCUT2D eigenvalue weighted by molar-refractivity contribution is 7.89.